The molecule has 0 amide bonds. The van der Waals surface area contributed by atoms with E-state index >= 15 is 0 Å². The molecule has 0 saturated heterocycles. The summed E-state index contributed by atoms with van der Waals surface area (Å²) in [6.07, 6.45) is 1.56. The molecule has 3 nitrogen and oxygen atoms in total. The maximum Gasteiger partial charge on any atom is 0.337 e. The molecular weight excluding hydrogens is 262 g/mol. The minimum Gasteiger partial charge on any atom is -0.478 e. The van der Waals surface area contributed by atoms with Crippen molar-refractivity contribution in [3.63, 3.8) is 0 Å². The monoisotopic (exact) mass is 283 g/mol. The van der Waals surface area contributed by atoms with E-state index in [4.69, 9.17) is 0 Å². The molecule has 2 rings (SSSR count). The van der Waals surface area contributed by atoms with Gasteiger partial charge in [-0.3, -0.25) is 4.98 Å². The summed E-state index contributed by atoms with van der Waals surface area (Å²) < 4.78 is 0. The van der Waals surface area contributed by atoms with Crippen LogP contribution in [0.25, 0.3) is 11.3 Å². The van der Waals surface area contributed by atoms with Crippen LogP contribution in [0.4, 0.5) is 0 Å². The van der Waals surface area contributed by atoms with E-state index in [1.54, 1.807) is 6.07 Å². The van der Waals surface area contributed by atoms with Gasteiger partial charge in [-0.1, -0.05) is 31.0 Å². The van der Waals surface area contributed by atoms with E-state index in [2.05, 4.69) is 37.9 Å². The number of hydrogen-bond donors (Lipinski definition) is 1. The van der Waals surface area contributed by atoms with Crippen molar-refractivity contribution < 1.29 is 9.90 Å². The normalized spacial score (nSPS) is 10.7. The number of carbonyl (C=O) groups is 1. The van der Waals surface area contributed by atoms with E-state index in [1.165, 1.54) is 16.7 Å². The van der Waals surface area contributed by atoms with Crippen LogP contribution in [0.5, 0.6) is 0 Å². The van der Waals surface area contributed by atoms with Gasteiger partial charge >= 0.3 is 5.97 Å². The summed E-state index contributed by atoms with van der Waals surface area (Å²) in [6, 6.07) is 7.75. The minimum atomic E-state index is -0.908. The molecule has 0 fully saturated rings. The van der Waals surface area contributed by atoms with Crippen molar-refractivity contribution in [1.82, 2.24) is 4.98 Å². The van der Waals surface area contributed by atoms with Gasteiger partial charge in [0.1, 0.15) is 0 Å². The first kappa shape index (κ1) is 15.2. The molecule has 0 unspecified atom stereocenters. The number of benzene rings is 1. The molecule has 0 spiro atoms. The van der Waals surface area contributed by atoms with E-state index in [0.717, 1.165) is 17.7 Å². The van der Waals surface area contributed by atoms with Crippen LogP contribution >= 0.6 is 0 Å². The molecule has 110 valence electrons. The van der Waals surface area contributed by atoms with Crippen molar-refractivity contribution >= 4 is 5.97 Å². The van der Waals surface area contributed by atoms with E-state index in [0.29, 0.717) is 17.7 Å². The third kappa shape index (κ3) is 3.13. The quantitative estimate of drug-likeness (QED) is 0.908. The Balaban J connectivity index is 2.60. The largest absolute Gasteiger partial charge is 0.478 e. The Labute approximate surface area is 125 Å². The predicted octanol–water partition coefficient (Wildman–Crippen LogP) is 4.32. The number of nitrogens with zero attached hydrogens (tertiary/aromatic N) is 1. The van der Waals surface area contributed by atoms with Gasteiger partial charge in [-0.05, 0) is 50.5 Å². The summed E-state index contributed by atoms with van der Waals surface area (Å²) in [5.41, 5.74) is 6.51. The highest BCUT2D eigenvalue weighted by Crippen LogP contribution is 2.28. The maximum absolute atomic E-state index is 11.3. The van der Waals surface area contributed by atoms with Crippen molar-refractivity contribution in [2.45, 2.75) is 40.5 Å². The fraction of sp³-hybridized carbons (Fsp3) is 0.333. The maximum atomic E-state index is 11.3. The zero-order chi connectivity index (χ0) is 15.6. The molecule has 0 aliphatic heterocycles. The fourth-order valence-corrected chi connectivity index (χ4v) is 2.85. The van der Waals surface area contributed by atoms with Crippen molar-refractivity contribution in [2.24, 2.45) is 0 Å². The average Bonchev–Trinajstić information content (AvgIpc) is 2.37. The Hall–Kier alpha value is -2.16. The minimum absolute atomic E-state index is 0.308. The first-order valence-corrected chi connectivity index (χ1v) is 7.25. The van der Waals surface area contributed by atoms with Crippen molar-refractivity contribution in [3.8, 4) is 11.3 Å². The number of aromatic carboxylic acids is 1. The number of carboxylic acid groups (broad SMARTS) is 1. The highest BCUT2D eigenvalue weighted by molar-refractivity contribution is 5.89. The third-order valence-corrected chi connectivity index (χ3v) is 3.62. The van der Waals surface area contributed by atoms with E-state index in [-0.39, 0.29) is 0 Å². The fourth-order valence-electron chi connectivity index (χ4n) is 2.85. The smallest absolute Gasteiger partial charge is 0.337 e. The summed E-state index contributed by atoms with van der Waals surface area (Å²) >= 11 is 0. The summed E-state index contributed by atoms with van der Waals surface area (Å²) in [5, 5.41) is 9.26. The van der Waals surface area contributed by atoms with Gasteiger partial charge in [0.05, 0.1) is 17.0 Å². The number of hydrogen-bond acceptors (Lipinski definition) is 2. The Kier molecular flexibility index (Phi) is 4.41. The van der Waals surface area contributed by atoms with Gasteiger partial charge in [-0.15, -0.1) is 0 Å². The molecule has 1 aromatic heterocycles. The average molecular weight is 283 g/mol. The lowest BCUT2D eigenvalue weighted by Gasteiger charge is -2.13. The summed E-state index contributed by atoms with van der Waals surface area (Å²) in [5.74, 6) is -0.908. The number of pyridine rings is 1. The molecular formula is C18H21NO2. The molecule has 21 heavy (non-hydrogen) atoms. The highest BCUT2D eigenvalue weighted by Gasteiger charge is 2.14. The topological polar surface area (TPSA) is 50.2 Å². The van der Waals surface area contributed by atoms with Crippen LogP contribution in [-0.4, -0.2) is 16.1 Å². The van der Waals surface area contributed by atoms with Crippen LogP contribution in [0.1, 0.15) is 46.1 Å². The van der Waals surface area contributed by atoms with Crippen molar-refractivity contribution in [3.05, 3.63) is 52.2 Å². The van der Waals surface area contributed by atoms with Gasteiger partial charge in [0.2, 0.25) is 0 Å². The second-order valence-corrected chi connectivity index (χ2v) is 5.52. The number of aryl methyl sites for hydroxylation is 4. The Bertz CT molecular complexity index is 667. The summed E-state index contributed by atoms with van der Waals surface area (Å²) in [4.78, 5) is 15.9. The van der Waals surface area contributed by atoms with Crippen LogP contribution in [0, 0.1) is 20.8 Å². The molecule has 1 heterocycles. The van der Waals surface area contributed by atoms with Gasteiger partial charge in [-0.2, -0.15) is 0 Å². The molecule has 0 bridgehead atoms. The predicted molar refractivity (Wildman–Crippen MR) is 84.8 cm³/mol. The standard InChI is InChI=1S/C18H21NO2/c1-5-6-15-14(18(20)21)7-8-16(19-15)17-12(3)9-11(2)10-13(17)4/h7-10H,5-6H2,1-4H3,(H,20,21). The molecule has 0 aliphatic rings. The van der Waals surface area contributed by atoms with Crippen LogP contribution < -0.4 is 0 Å². The number of rotatable bonds is 4. The second kappa shape index (κ2) is 6.08. The first-order valence-electron chi connectivity index (χ1n) is 7.25. The Morgan fingerprint density at radius 1 is 1.14 bits per heavy atom. The summed E-state index contributed by atoms with van der Waals surface area (Å²) in [6.45, 7) is 8.25. The Morgan fingerprint density at radius 2 is 1.76 bits per heavy atom. The van der Waals surface area contributed by atoms with E-state index < -0.39 is 5.97 Å². The number of aromatic nitrogens is 1. The van der Waals surface area contributed by atoms with Crippen LogP contribution in [0.3, 0.4) is 0 Å². The van der Waals surface area contributed by atoms with Crippen molar-refractivity contribution in [1.29, 1.82) is 0 Å². The van der Waals surface area contributed by atoms with Crippen LogP contribution in [-0.2, 0) is 6.42 Å². The molecule has 1 aromatic carbocycles. The van der Waals surface area contributed by atoms with Gasteiger partial charge in [-0.25, -0.2) is 4.79 Å². The highest BCUT2D eigenvalue weighted by atomic mass is 16.4. The molecule has 0 aliphatic carbocycles. The molecule has 2 aromatic rings. The van der Waals surface area contributed by atoms with Gasteiger partial charge in [0.25, 0.3) is 0 Å². The first-order chi connectivity index (χ1) is 9.93. The van der Waals surface area contributed by atoms with Gasteiger partial charge in [0.15, 0.2) is 0 Å². The van der Waals surface area contributed by atoms with E-state index in [1.807, 2.05) is 13.0 Å². The summed E-state index contributed by atoms with van der Waals surface area (Å²) in [7, 11) is 0. The molecule has 3 heteroatoms. The van der Waals surface area contributed by atoms with Crippen LogP contribution in [0.2, 0.25) is 0 Å². The molecule has 1 N–H and O–H groups in total. The second-order valence-electron chi connectivity index (χ2n) is 5.52. The molecule has 0 atom stereocenters. The van der Waals surface area contributed by atoms with Gasteiger partial charge < -0.3 is 5.11 Å². The lowest BCUT2D eigenvalue weighted by Crippen LogP contribution is -2.06. The molecule has 0 radical (unpaired) electrons. The third-order valence-electron chi connectivity index (χ3n) is 3.62. The lowest BCUT2D eigenvalue weighted by molar-refractivity contribution is 0.0695. The lowest BCUT2D eigenvalue weighted by atomic mass is 9.96. The SMILES string of the molecule is CCCc1nc(-c2c(C)cc(C)cc2C)ccc1C(=O)O. The van der Waals surface area contributed by atoms with Gasteiger partial charge in [0, 0.05) is 5.56 Å². The van der Waals surface area contributed by atoms with Crippen LogP contribution in [0.15, 0.2) is 24.3 Å². The van der Waals surface area contributed by atoms with Crippen molar-refractivity contribution in [2.75, 3.05) is 0 Å². The zero-order valence-electron chi connectivity index (χ0n) is 13.0. The van der Waals surface area contributed by atoms with E-state index in [9.17, 15) is 9.90 Å². The Morgan fingerprint density at radius 3 is 2.29 bits per heavy atom. The number of carboxylic acids is 1. The zero-order valence-corrected chi connectivity index (χ0v) is 13.0. The molecule has 0 saturated carbocycles.